The molecule has 0 atom stereocenters. The second-order valence-electron chi connectivity index (χ2n) is 8.41. The Balaban J connectivity index is 1.65. The summed E-state index contributed by atoms with van der Waals surface area (Å²) in [6.45, 7) is -2.76. The number of rotatable bonds is 7. The lowest BCUT2D eigenvalue weighted by atomic mass is 9.87. The Bertz CT molecular complexity index is 1350. The number of hydrogen-bond donors (Lipinski definition) is 3. The first-order valence-electron chi connectivity index (χ1n) is 15.0. The zero-order valence-electron chi connectivity index (χ0n) is 27.2. The summed E-state index contributed by atoms with van der Waals surface area (Å²) >= 11 is 0. The molecule has 1 aliphatic carbocycles. The molecule has 0 radical (unpaired) electrons. The van der Waals surface area contributed by atoms with E-state index in [-0.39, 0.29) is 39.5 Å². The smallest absolute Gasteiger partial charge is 0.328 e. The molecule has 1 aromatic rings. The van der Waals surface area contributed by atoms with Gasteiger partial charge in [-0.3, -0.25) is 9.69 Å². The second-order valence-corrected chi connectivity index (χ2v) is 10.0. The van der Waals surface area contributed by atoms with Crippen LogP contribution in [0.25, 0.3) is 0 Å². The van der Waals surface area contributed by atoms with Crippen molar-refractivity contribution in [2.45, 2.75) is 70.2 Å². The maximum Gasteiger partial charge on any atom is 0.328 e. The van der Waals surface area contributed by atoms with Gasteiger partial charge in [0.25, 0.3) is 15.9 Å². The zero-order chi connectivity index (χ0) is 31.8. The van der Waals surface area contributed by atoms with Crippen molar-refractivity contribution in [3.05, 3.63) is 41.0 Å². The third kappa shape index (κ3) is 6.37. The van der Waals surface area contributed by atoms with Gasteiger partial charge in [0.15, 0.2) is 4.24 Å². The molecule has 0 unspecified atom stereocenters. The minimum atomic E-state index is -4.60. The number of benzene rings is 1. The third-order valence-electron chi connectivity index (χ3n) is 5.88. The highest BCUT2D eigenvalue weighted by Gasteiger charge is 2.31. The molecule has 5 amide bonds. The van der Waals surface area contributed by atoms with Crippen molar-refractivity contribution in [1.82, 2.24) is 20.2 Å². The van der Waals surface area contributed by atoms with E-state index >= 15 is 0 Å². The molecule has 0 saturated heterocycles. The molecule has 0 aromatic heterocycles. The van der Waals surface area contributed by atoms with E-state index in [0.717, 1.165) is 25.0 Å². The molecule has 0 spiro atoms. The molecule has 0 bridgehead atoms. The van der Waals surface area contributed by atoms with Crippen LogP contribution in [0, 0.1) is 5.92 Å². The molecule has 1 saturated carbocycles. The van der Waals surface area contributed by atoms with Crippen molar-refractivity contribution >= 4 is 28.0 Å². The molecular formula is C24H34N4O5S. The highest BCUT2D eigenvalue weighted by molar-refractivity contribution is 7.90. The summed E-state index contributed by atoms with van der Waals surface area (Å²) in [5, 5.41) is 0.855. The second kappa shape index (κ2) is 11.0. The predicted octanol–water partition coefficient (Wildman–Crippen LogP) is 3.07. The summed E-state index contributed by atoms with van der Waals surface area (Å²) < 4.78 is 88.8. The summed E-state index contributed by atoms with van der Waals surface area (Å²) in [6.07, 6.45) is 2.53. The van der Waals surface area contributed by atoms with Crippen LogP contribution in [0.15, 0.2) is 40.3 Å². The first kappa shape index (κ1) is 16.7. The van der Waals surface area contributed by atoms with Crippen LogP contribution in [0.2, 0.25) is 4.24 Å². The lowest BCUT2D eigenvalue weighted by Gasteiger charge is -2.26. The number of hydrogen-bond acceptors (Lipinski definition) is 5. The quantitative estimate of drug-likeness (QED) is 0.533. The van der Waals surface area contributed by atoms with E-state index in [2.05, 4.69) is 6.92 Å². The fourth-order valence-corrected chi connectivity index (χ4v) is 4.66. The van der Waals surface area contributed by atoms with Crippen LogP contribution in [0.5, 0.6) is 0 Å². The van der Waals surface area contributed by atoms with Crippen LogP contribution < -0.4 is 15.3 Å². The average molecular weight is 499 g/mol. The third-order valence-corrected chi connectivity index (χ3v) is 7.14. The molecule has 10 heteroatoms. The Morgan fingerprint density at radius 3 is 2.47 bits per heavy atom. The normalized spacial score (nSPS) is 26.2. The van der Waals surface area contributed by atoms with Crippen LogP contribution in [0.3, 0.4) is 0 Å². The summed E-state index contributed by atoms with van der Waals surface area (Å²) in [7, 11) is -4.60. The van der Waals surface area contributed by atoms with E-state index in [1.54, 1.807) is 0 Å². The van der Waals surface area contributed by atoms with Crippen LogP contribution in [-0.4, -0.2) is 50.4 Å². The number of amides is 5. The zero-order valence-corrected chi connectivity index (χ0v) is 20.0. The van der Waals surface area contributed by atoms with Crippen LogP contribution >= 0.6 is 0 Å². The number of sulfonamides is 1. The Kier molecular flexibility index (Phi) is 5.42. The number of carbonyl (C=O) groups is 3. The van der Waals surface area contributed by atoms with Gasteiger partial charge in [-0.2, -0.15) is 0 Å². The van der Waals surface area contributed by atoms with Crippen molar-refractivity contribution < 1.29 is 33.9 Å². The van der Waals surface area contributed by atoms with Gasteiger partial charge >= 0.3 is 12.1 Å². The Morgan fingerprint density at radius 2 is 1.88 bits per heavy atom. The summed E-state index contributed by atoms with van der Waals surface area (Å²) in [6, 6.07) is 1.82. The van der Waals surface area contributed by atoms with Crippen molar-refractivity contribution in [2.75, 3.05) is 13.0 Å². The molecule has 186 valence electrons. The standard InChI is InChI=1S/C24H34N4O5S/c1-4-21-17(3)15-28(22(21)29)24(31)25-14-13-18-7-11-20(12-8-18)34(32,33)27-23(30)26-19-9-5-16(2)6-10-19/h7-8,11-12,16,19H,4-6,9-10,13-15H2,1-3H3,(H,25,31)(H2,26,27,30)/i3D3,15D2/hD3. The van der Waals surface area contributed by atoms with Gasteiger partial charge in [0.2, 0.25) is 0 Å². The lowest BCUT2D eigenvalue weighted by molar-refractivity contribution is -0.123. The minimum absolute atomic E-state index is 0.0229. The molecule has 1 fully saturated rings. The minimum Gasteiger partial charge on any atom is -0.337 e. The Hall–Kier alpha value is -2.88. The molecule has 3 rings (SSSR count). The maximum absolute atomic E-state index is 12.9. The summed E-state index contributed by atoms with van der Waals surface area (Å²) in [5.41, 5.74) is -0.696. The van der Waals surface area contributed by atoms with Gasteiger partial charge in [-0.25, -0.2) is 22.7 Å². The van der Waals surface area contributed by atoms with Gasteiger partial charge in [-0.05, 0) is 74.6 Å². The van der Waals surface area contributed by atoms with E-state index in [9.17, 15) is 22.8 Å². The van der Waals surface area contributed by atoms with Crippen molar-refractivity contribution in [3.8, 4) is 0 Å². The highest BCUT2D eigenvalue weighted by Crippen LogP contribution is 2.23. The molecule has 1 aromatic carbocycles. The topological polar surface area (TPSA) is 125 Å². The fraction of sp³-hybridized carbons (Fsp3) is 0.542. The van der Waals surface area contributed by atoms with E-state index in [4.69, 9.17) is 11.1 Å². The van der Waals surface area contributed by atoms with E-state index < -0.39 is 53.0 Å². The van der Waals surface area contributed by atoms with Gasteiger partial charge in [-0.1, -0.05) is 26.0 Å². The van der Waals surface area contributed by atoms with Crippen LogP contribution in [-0.2, 0) is 21.2 Å². The molecule has 1 heterocycles. The summed E-state index contributed by atoms with van der Waals surface area (Å²) in [4.78, 5) is 37.9. The van der Waals surface area contributed by atoms with Crippen molar-refractivity contribution in [3.63, 3.8) is 0 Å². The van der Waals surface area contributed by atoms with Crippen LogP contribution in [0.4, 0.5) is 9.59 Å². The first-order chi connectivity index (χ1) is 19.3. The number of nitrogens with zero attached hydrogens (tertiary/aromatic N) is 1. The van der Waals surface area contributed by atoms with Gasteiger partial charge in [0, 0.05) is 22.3 Å². The Labute approximate surface area is 212 Å². The van der Waals surface area contributed by atoms with E-state index in [0.29, 0.717) is 34.9 Å². The van der Waals surface area contributed by atoms with E-state index in [1.807, 2.05) is 0 Å². The molecule has 2 aliphatic rings. The summed E-state index contributed by atoms with van der Waals surface area (Å²) in [5.74, 6) is -0.671. The monoisotopic (exact) mass is 498 g/mol. The largest absolute Gasteiger partial charge is 0.337 e. The number of imide groups is 1. The molecular weight excluding hydrogens is 456 g/mol. The predicted molar refractivity (Wildman–Crippen MR) is 129 cm³/mol. The Morgan fingerprint density at radius 1 is 1.21 bits per heavy atom. The van der Waals surface area contributed by atoms with Crippen molar-refractivity contribution in [1.29, 1.82) is 0 Å². The lowest BCUT2D eigenvalue weighted by Crippen LogP contribution is -2.45. The molecule has 3 N–H and O–H groups in total. The highest BCUT2D eigenvalue weighted by atomic mass is 32.2. The molecule has 9 nitrogen and oxygen atoms in total. The van der Waals surface area contributed by atoms with Gasteiger partial charge in [0.05, 0.1) is 14.1 Å². The van der Waals surface area contributed by atoms with Gasteiger partial charge in [0.1, 0.15) is 0 Å². The van der Waals surface area contributed by atoms with Crippen molar-refractivity contribution in [2.24, 2.45) is 5.92 Å². The molecule has 1 aliphatic heterocycles. The van der Waals surface area contributed by atoms with Gasteiger partial charge in [-0.15, -0.1) is 0 Å². The van der Waals surface area contributed by atoms with Gasteiger partial charge < -0.3 is 10.6 Å². The number of nitrogens with one attached hydrogen (secondary N) is 3. The fourth-order valence-electron chi connectivity index (χ4n) is 3.82. The number of urea groups is 2. The van der Waals surface area contributed by atoms with E-state index in [1.165, 1.54) is 19.1 Å². The van der Waals surface area contributed by atoms with Crippen LogP contribution in [0.1, 0.15) is 65.2 Å². The SMILES string of the molecule is [2H]N(CCc1ccc(S(=O)(=O)N([2H])C(=O)N([2H])C2CCC(C)CC2)cc1)C(=O)N1C(=O)C(CC)=C(C([2H])([2H])[2H])C1([2H])[2H]. The average Bonchev–Trinajstić information content (AvgIpc) is 3.14. The first-order valence-corrected chi connectivity index (χ1v) is 12.6. The number of carbonyl (C=O) groups excluding carboxylic acids is 3. The molecule has 34 heavy (non-hydrogen) atoms. The maximum atomic E-state index is 12.9.